The summed E-state index contributed by atoms with van der Waals surface area (Å²) in [4.78, 5) is 0. The fraction of sp³-hybridized carbons (Fsp3) is 0.613. The van der Waals surface area contributed by atoms with Crippen LogP contribution in [0.25, 0.3) is 0 Å². The number of alkyl halides is 5. The van der Waals surface area contributed by atoms with Crippen LogP contribution in [0.2, 0.25) is 0 Å². The first-order valence-corrected chi connectivity index (χ1v) is 14.4. The summed E-state index contributed by atoms with van der Waals surface area (Å²) in [6.45, 7) is 2.24. The Kier molecular flexibility index (Phi) is 9.93. The topological polar surface area (TPSA) is 18.5 Å². The third kappa shape index (κ3) is 8.06. The maximum absolute atomic E-state index is 14.6. The summed E-state index contributed by atoms with van der Waals surface area (Å²) in [5.41, 5.74) is -0.242. The lowest BCUT2D eigenvalue weighted by atomic mass is 9.68. The van der Waals surface area contributed by atoms with Crippen LogP contribution >= 0.6 is 0 Å². The fourth-order valence-corrected chi connectivity index (χ4v) is 6.51. The molecule has 0 N–H and O–H groups in total. The molecule has 4 rings (SSSR count). The van der Waals surface area contributed by atoms with Gasteiger partial charge in [0.05, 0.1) is 5.56 Å². The standard InChI is InChI=1S/C31H37F7O2/c1-2-3-4-5-20-6-8-21(9-7-20)22-10-12-23(13-11-22)24-14-16-26(17-15-24)39-30(34,35)25-18-27(32)29(28(33)19-25)40-31(36,37)38/h14-23H,2-13H2,1H3. The van der Waals surface area contributed by atoms with Gasteiger partial charge in [0.15, 0.2) is 11.6 Å². The highest BCUT2D eigenvalue weighted by molar-refractivity contribution is 5.35. The first-order chi connectivity index (χ1) is 18.9. The molecule has 0 unspecified atom stereocenters. The van der Waals surface area contributed by atoms with Crippen molar-refractivity contribution in [3.63, 3.8) is 0 Å². The van der Waals surface area contributed by atoms with Crippen molar-refractivity contribution in [2.24, 2.45) is 17.8 Å². The molecule has 2 aromatic rings. The number of ether oxygens (including phenoxy) is 2. The van der Waals surface area contributed by atoms with Gasteiger partial charge in [0, 0.05) is 0 Å². The average Bonchev–Trinajstić information content (AvgIpc) is 2.91. The molecule has 0 saturated heterocycles. The van der Waals surface area contributed by atoms with Crippen molar-refractivity contribution in [3.8, 4) is 11.5 Å². The Morgan fingerprint density at radius 3 is 1.80 bits per heavy atom. The number of unbranched alkanes of at least 4 members (excludes halogenated alkanes) is 2. The van der Waals surface area contributed by atoms with E-state index in [-0.39, 0.29) is 17.9 Å². The minimum absolute atomic E-state index is 0.0654. The molecule has 2 aliphatic rings. The molecule has 2 saturated carbocycles. The molecule has 2 aliphatic carbocycles. The van der Waals surface area contributed by atoms with E-state index >= 15 is 0 Å². The summed E-state index contributed by atoms with van der Waals surface area (Å²) in [6, 6.07) is 6.33. The summed E-state index contributed by atoms with van der Waals surface area (Å²) < 4.78 is 102. The van der Waals surface area contributed by atoms with Crippen LogP contribution in [0.3, 0.4) is 0 Å². The van der Waals surface area contributed by atoms with Crippen molar-refractivity contribution in [2.45, 2.75) is 102 Å². The van der Waals surface area contributed by atoms with Gasteiger partial charge in [0.1, 0.15) is 5.75 Å². The molecule has 0 bridgehead atoms. The van der Waals surface area contributed by atoms with E-state index in [4.69, 9.17) is 0 Å². The van der Waals surface area contributed by atoms with Gasteiger partial charge in [-0.1, -0.05) is 57.6 Å². The maximum Gasteiger partial charge on any atom is 0.573 e. The molecule has 0 amide bonds. The van der Waals surface area contributed by atoms with Gasteiger partial charge < -0.3 is 9.47 Å². The molecule has 0 aromatic heterocycles. The third-order valence-corrected chi connectivity index (χ3v) is 8.70. The molecule has 0 spiro atoms. The molecule has 0 heterocycles. The highest BCUT2D eigenvalue weighted by atomic mass is 19.4. The molecule has 0 aliphatic heterocycles. The molecule has 9 heteroatoms. The van der Waals surface area contributed by atoms with Crippen LogP contribution in [-0.4, -0.2) is 6.36 Å². The Morgan fingerprint density at radius 2 is 1.27 bits per heavy atom. The number of rotatable bonds is 10. The van der Waals surface area contributed by atoms with Crippen molar-refractivity contribution >= 4 is 0 Å². The number of hydrogen-bond donors (Lipinski definition) is 0. The van der Waals surface area contributed by atoms with Gasteiger partial charge in [0.25, 0.3) is 0 Å². The molecule has 2 aromatic carbocycles. The maximum atomic E-state index is 14.6. The summed E-state index contributed by atoms with van der Waals surface area (Å²) in [7, 11) is 0. The van der Waals surface area contributed by atoms with Crippen LogP contribution in [0.4, 0.5) is 30.7 Å². The molecule has 40 heavy (non-hydrogen) atoms. The van der Waals surface area contributed by atoms with Crippen molar-refractivity contribution in [2.75, 3.05) is 0 Å². The van der Waals surface area contributed by atoms with Gasteiger partial charge >= 0.3 is 12.5 Å². The van der Waals surface area contributed by atoms with Crippen molar-refractivity contribution in [1.82, 2.24) is 0 Å². The Labute approximate surface area is 231 Å². The molecule has 0 atom stereocenters. The van der Waals surface area contributed by atoms with Crippen molar-refractivity contribution < 1.29 is 40.2 Å². The minimum Gasteiger partial charge on any atom is -0.429 e. The lowest BCUT2D eigenvalue weighted by molar-refractivity contribution is -0.276. The lowest BCUT2D eigenvalue weighted by Gasteiger charge is -2.38. The zero-order valence-corrected chi connectivity index (χ0v) is 22.7. The van der Waals surface area contributed by atoms with E-state index in [0.717, 1.165) is 49.0 Å². The van der Waals surface area contributed by atoms with Crippen LogP contribution in [0, 0.1) is 29.4 Å². The monoisotopic (exact) mass is 574 g/mol. The van der Waals surface area contributed by atoms with Crippen molar-refractivity contribution in [1.29, 1.82) is 0 Å². The van der Waals surface area contributed by atoms with E-state index in [2.05, 4.69) is 16.4 Å². The second kappa shape index (κ2) is 13.0. The largest absolute Gasteiger partial charge is 0.573 e. The zero-order chi connectivity index (χ0) is 28.9. The van der Waals surface area contributed by atoms with Gasteiger partial charge in [0.2, 0.25) is 5.75 Å². The van der Waals surface area contributed by atoms with Gasteiger partial charge in [-0.2, -0.15) is 8.78 Å². The Bertz CT molecular complexity index is 1060. The van der Waals surface area contributed by atoms with Crippen molar-refractivity contribution in [3.05, 3.63) is 59.2 Å². The van der Waals surface area contributed by atoms with Gasteiger partial charge in [-0.25, -0.2) is 8.78 Å². The summed E-state index contributed by atoms with van der Waals surface area (Å²) in [6.07, 6.45) is 5.54. The Morgan fingerprint density at radius 1 is 0.725 bits per heavy atom. The van der Waals surface area contributed by atoms with Crippen LogP contribution < -0.4 is 9.47 Å². The predicted molar refractivity (Wildman–Crippen MR) is 138 cm³/mol. The fourth-order valence-electron chi connectivity index (χ4n) is 6.51. The third-order valence-electron chi connectivity index (χ3n) is 8.70. The van der Waals surface area contributed by atoms with Crippen LogP contribution in [0.1, 0.15) is 101 Å². The smallest absolute Gasteiger partial charge is 0.429 e. The van der Waals surface area contributed by atoms with Gasteiger partial charge in [-0.15, -0.1) is 13.2 Å². The van der Waals surface area contributed by atoms with Crippen LogP contribution in [0.5, 0.6) is 11.5 Å². The summed E-state index contributed by atoms with van der Waals surface area (Å²) >= 11 is 0. The molecular formula is C31H37F7O2. The zero-order valence-electron chi connectivity index (χ0n) is 22.7. The molecule has 0 radical (unpaired) electrons. The first kappa shape index (κ1) is 30.5. The molecule has 2 nitrogen and oxygen atoms in total. The number of hydrogen-bond acceptors (Lipinski definition) is 2. The van der Waals surface area contributed by atoms with E-state index in [9.17, 15) is 30.7 Å². The SMILES string of the molecule is CCCCCC1CCC(C2CCC(c3ccc(OC(F)(F)c4cc(F)c(OC(F)(F)F)c(F)c4)cc3)CC2)CC1. The summed E-state index contributed by atoms with van der Waals surface area (Å²) in [5.74, 6) is -3.07. The minimum atomic E-state index is -5.38. The number of halogens is 7. The van der Waals surface area contributed by atoms with E-state index in [1.807, 2.05) is 0 Å². The van der Waals surface area contributed by atoms with E-state index < -0.39 is 35.4 Å². The molecule has 222 valence electrons. The van der Waals surface area contributed by atoms with Gasteiger partial charge in [-0.3, -0.25) is 0 Å². The van der Waals surface area contributed by atoms with Crippen LogP contribution in [0.15, 0.2) is 36.4 Å². The Balaban J connectivity index is 1.29. The highest BCUT2D eigenvalue weighted by Crippen LogP contribution is 2.45. The normalized spacial score (nSPS) is 24.1. The molecule has 2 fully saturated rings. The summed E-state index contributed by atoms with van der Waals surface area (Å²) in [5, 5.41) is 0. The lowest BCUT2D eigenvalue weighted by Crippen LogP contribution is -2.25. The number of benzene rings is 2. The van der Waals surface area contributed by atoms with E-state index in [1.54, 1.807) is 12.1 Å². The highest BCUT2D eigenvalue weighted by Gasteiger charge is 2.39. The van der Waals surface area contributed by atoms with E-state index in [1.165, 1.54) is 63.5 Å². The second-order valence-corrected chi connectivity index (χ2v) is 11.4. The van der Waals surface area contributed by atoms with Gasteiger partial charge in [-0.05, 0) is 92.0 Å². The van der Waals surface area contributed by atoms with E-state index in [0.29, 0.717) is 5.92 Å². The average molecular weight is 575 g/mol. The quantitative estimate of drug-likeness (QED) is 0.208. The van der Waals surface area contributed by atoms with Crippen LogP contribution in [-0.2, 0) is 6.11 Å². The Hall–Kier alpha value is -2.45. The second-order valence-electron chi connectivity index (χ2n) is 11.4. The molecular weight excluding hydrogens is 537 g/mol. The first-order valence-electron chi connectivity index (χ1n) is 14.4. The predicted octanol–water partition coefficient (Wildman–Crippen LogP) is 10.7.